The molecule has 0 spiro atoms. The number of thiazole rings is 1. The van der Waals surface area contributed by atoms with Crippen LogP contribution < -0.4 is 0 Å². The van der Waals surface area contributed by atoms with Crippen molar-refractivity contribution in [3.8, 4) is 0 Å². The maximum Gasteiger partial charge on any atom is 0.0978 e. The van der Waals surface area contributed by atoms with Crippen LogP contribution in [0.25, 0.3) is 0 Å². The van der Waals surface area contributed by atoms with Crippen molar-refractivity contribution in [2.24, 2.45) is 0 Å². The van der Waals surface area contributed by atoms with E-state index < -0.39 is 0 Å². The molecule has 0 atom stereocenters. The van der Waals surface area contributed by atoms with Gasteiger partial charge in [0.25, 0.3) is 0 Å². The number of rotatable bonds is 0. The summed E-state index contributed by atoms with van der Waals surface area (Å²) in [5.41, 5.74) is 1.39. The predicted octanol–water partition coefficient (Wildman–Crippen LogP) is 4.21. The molecule has 2 heterocycles. The van der Waals surface area contributed by atoms with E-state index in [9.17, 15) is 0 Å². The van der Waals surface area contributed by atoms with Crippen molar-refractivity contribution in [2.75, 3.05) is 0 Å². The van der Waals surface area contributed by atoms with Crippen LogP contribution in [0.1, 0.15) is 52.2 Å². The third-order valence-electron chi connectivity index (χ3n) is 2.41. The van der Waals surface area contributed by atoms with Gasteiger partial charge in [0.1, 0.15) is 0 Å². The number of hydrogen-bond acceptors (Lipinski definition) is 4. The predicted molar refractivity (Wildman–Crippen MR) is 81.5 cm³/mol. The Morgan fingerprint density at radius 3 is 1.79 bits per heavy atom. The van der Waals surface area contributed by atoms with Crippen LogP contribution in [0.15, 0.2) is 30.2 Å². The highest BCUT2D eigenvalue weighted by Crippen LogP contribution is 2.23. The zero-order valence-corrected chi connectivity index (χ0v) is 13.5. The lowest BCUT2D eigenvalue weighted by Gasteiger charge is -2.15. The summed E-state index contributed by atoms with van der Waals surface area (Å²) < 4.78 is 0. The second-order valence-corrected chi connectivity index (χ2v) is 7.32. The van der Waals surface area contributed by atoms with Crippen LogP contribution in [0.2, 0.25) is 0 Å². The standard InChI is InChI=1S/C8H12N2.C7H11NS/c1-8(2,3)7-6-9-4-5-10-7;1-7(2,3)6-8-4-5-9-6/h4-6H,1-3H3;4-5H,1-3H3. The molecule has 19 heavy (non-hydrogen) atoms. The van der Waals surface area contributed by atoms with Gasteiger partial charge >= 0.3 is 0 Å². The Kier molecular flexibility index (Phi) is 5.18. The minimum Gasteiger partial charge on any atom is -0.261 e. The van der Waals surface area contributed by atoms with Crippen LogP contribution in [0.3, 0.4) is 0 Å². The fourth-order valence-electron chi connectivity index (χ4n) is 1.28. The summed E-state index contributed by atoms with van der Waals surface area (Å²) in [5, 5.41) is 3.23. The minimum atomic E-state index is 0.119. The fourth-order valence-corrected chi connectivity index (χ4v) is 2.01. The summed E-state index contributed by atoms with van der Waals surface area (Å²) in [6.07, 6.45) is 7.07. The average Bonchev–Trinajstić information content (AvgIpc) is 2.83. The maximum atomic E-state index is 4.21. The third kappa shape index (κ3) is 5.47. The molecular formula is C15H23N3S. The van der Waals surface area contributed by atoms with Gasteiger partial charge in [0.2, 0.25) is 0 Å². The lowest BCUT2D eigenvalue weighted by molar-refractivity contribution is 0.565. The second-order valence-electron chi connectivity index (χ2n) is 6.43. The summed E-state index contributed by atoms with van der Waals surface area (Å²) >= 11 is 1.72. The third-order valence-corrected chi connectivity index (χ3v) is 3.60. The Hall–Kier alpha value is -1.29. The van der Waals surface area contributed by atoms with Crippen molar-refractivity contribution in [2.45, 2.75) is 52.4 Å². The van der Waals surface area contributed by atoms with Gasteiger partial charge in [0.05, 0.1) is 10.7 Å². The van der Waals surface area contributed by atoms with Crippen molar-refractivity contribution in [1.29, 1.82) is 0 Å². The molecule has 0 fully saturated rings. The molecule has 0 saturated carbocycles. The first-order valence-electron chi connectivity index (χ1n) is 6.38. The largest absolute Gasteiger partial charge is 0.261 e. The number of aromatic nitrogens is 3. The molecule has 0 aromatic carbocycles. The van der Waals surface area contributed by atoms with Crippen molar-refractivity contribution in [1.82, 2.24) is 15.0 Å². The molecule has 2 aromatic rings. The molecular weight excluding hydrogens is 254 g/mol. The van der Waals surface area contributed by atoms with Gasteiger partial charge in [-0.2, -0.15) is 0 Å². The quantitative estimate of drug-likeness (QED) is 0.724. The second kappa shape index (κ2) is 6.24. The Balaban J connectivity index is 0.000000191. The van der Waals surface area contributed by atoms with E-state index in [1.54, 1.807) is 29.9 Å². The Bertz CT molecular complexity index is 464. The molecule has 3 nitrogen and oxygen atoms in total. The molecule has 0 aliphatic carbocycles. The van der Waals surface area contributed by atoms with E-state index in [0.717, 1.165) is 5.69 Å². The van der Waals surface area contributed by atoms with E-state index in [1.807, 2.05) is 11.6 Å². The van der Waals surface area contributed by atoms with E-state index in [1.165, 1.54) is 5.01 Å². The van der Waals surface area contributed by atoms with E-state index >= 15 is 0 Å². The van der Waals surface area contributed by atoms with Crippen molar-refractivity contribution >= 4 is 11.3 Å². The summed E-state index contributed by atoms with van der Waals surface area (Å²) in [5.74, 6) is 0. The van der Waals surface area contributed by atoms with Gasteiger partial charge in [0.15, 0.2) is 0 Å². The Morgan fingerprint density at radius 1 is 0.842 bits per heavy atom. The van der Waals surface area contributed by atoms with Crippen LogP contribution in [-0.4, -0.2) is 15.0 Å². The van der Waals surface area contributed by atoms with Gasteiger partial charge in [-0.3, -0.25) is 9.97 Å². The zero-order chi connectivity index (χ0) is 14.5. The molecule has 0 N–H and O–H groups in total. The van der Waals surface area contributed by atoms with Crippen molar-refractivity contribution < 1.29 is 0 Å². The van der Waals surface area contributed by atoms with Crippen molar-refractivity contribution in [3.05, 3.63) is 40.9 Å². The SMILES string of the molecule is CC(C)(C)c1cnccn1.CC(C)(C)c1nccs1. The summed E-state index contributed by atoms with van der Waals surface area (Å²) in [6.45, 7) is 12.9. The van der Waals surface area contributed by atoms with Crippen molar-refractivity contribution in [3.63, 3.8) is 0 Å². The molecule has 2 aromatic heterocycles. The summed E-state index contributed by atoms with van der Waals surface area (Å²) in [7, 11) is 0. The molecule has 0 bridgehead atoms. The van der Waals surface area contributed by atoms with Crippen LogP contribution >= 0.6 is 11.3 Å². The minimum absolute atomic E-state index is 0.119. The number of hydrogen-bond donors (Lipinski definition) is 0. The Morgan fingerprint density at radius 2 is 1.53 bits per heavy atom. The van der Waals surface area contributed by atoms with Gasteiger partial charge < -0.3 is 0 Å². The highest BCUT2D eigenvalue weighted by atomic mass is 32.1. The molecule has 0 amide bonds. The molecule has 0 unspecified atom stereocenters. The molecule has 0 radical (unpaired) electrons. The first kappa shape index (κ1) is 15.8. The summed E-state index contributed by atoms with van der Waals surface area (Å²) in [4.78, 5) is 12.4. The average molecular weight is 277 g/mol. The van der Waals surface area contributed by atoms with E-state index in [-0.39, 0.29) is 10.8 Å². The van der Waals surface area contributed by atoms with Gasteiger partial charge in [0, 0.05) is 41.0 Å². The monoisotopic (exact) mass is 277 g/mol. The lowest BCUT2D eigenvalue weighted by Crippen LogP contribution is -2.13. The van der Waals surface area contributed by atoms with Gasteiger partial charge in [-0.05, 0) is 0 Å². The fraction of sp³-hybridized carbons (Fsp3) is 0.533. The van der Waals surface area contributed by atoms with Crippen LogP contribution in [0, 0.1) is 0 Å². The van der Waals surface area contributed by atoms with Gasteiger partial charge in [-0.15, -0.1) is 11.3 Å². The first-order chi connectivity index (χ1) is 8.71. The summed E-state index contributed by atoms with van der Waals surface area (Å²) in [6, 6.07) is 0. The highest BCUT2D eigenvalue weighted by molar-refractivity contribution is 7.09. The highest BCUT2D eigenvalue weighted by Gasteiger charge is 2.15. The molecule has 104 valence electrons. The molecule has 4 heteroatoms. The zero-order valence-electron chi connectivity index (χ0n) is 12.6. The topological polar surface area (TPSA) is 38.7 Å². The van der Waals surface area contributed by atoms with E-state index in [0.29, 0.717) is 0 Å². The Labute approximate surface area is 120 Å². The van der Waals surface area contributed by atoms with Gasteiger partial charge in [-0.25, -0.2) is 4.98 Å². The van der Waals surface area contributed by atoms with E-state index in [4.69, 9.17) is 0 Å². The smallest absolute Gasteiger partial charge is 0.0978 e. The van der Waals surface area contributed by atoms with Crippen LogP contribution in [0.5, 0.6) is 0 Å². The molecule has 0 aliphatic heterocycles. The van der Waals surface area contributed by atoms with E-state index in [2.05, 4.69) is 56.5 Å². The molecule has 0 saturated heterocycles. The van der Waals surface area contributed by atoms with Gasteiger partial charge in [-0.1, -0.05) is 41.5 Å². The van der Waals surface area contributed by atoms with Crippen LogP contribution in [0.4, 0.5) is 0 Å². The van der Waals surface area contributed by atoms with Crippen LogP contribution in [-0.2, 0) is 10.8 Å². The molecule has 2 rings (SSSR count). The number of nitrogens with zero attached hydrogens (tertiary/aromatic N) is 3. The molecule has 0 aliphatic rings. The normalized spacial score (nSPS) is 11.7. The first-order valence-corrected chi connectivity index (χ1v) is 7.25. The lowest BCUT2D eigenvalue weighted by atomic mass is 9.93. The maximum absolute atomic E-state index is 4.21.